The largest absolute Gasteiger partial charge is 0.412 e. The maximum absolute atomic E-state index is 11.3. The quantitative estimate of drug-likeness (QED) is 0.691. The summed E-state index contributed by atoms with van der Waals surface area (Å²) < 4.78 is 47.9. The van der Waals surface area contributed by atoms with Crippen molar-refractivity contribution in [1.82, 2.24) is 0 Å². The second kappa shape index (κ2) is 3.38. The minimum atomic E-state index is -4.60. The summed E-state index contributed by atoms with van der Waals surface area (Å²) in [5.41, 5.74) is 0. The molecule has 0 aliphatic rings. The molecule has 0 aromatic rings. The van der Waals surface area contributed by atoms with Crippen LogP contribution in [0.5, 0.6) is 0 Å². The van der Waals surface area contributed by atoms with E-state index in [1.165, 1.54) is 0 Å². The fourth-order valence-corrected chi connectivity index (χ4v) is 0.655. The maximum Gasteiger partial charge on any atom is 0.412 e. The van der Waals surface area contributed by atoms with Gasteiger partial charge in [0.2, 0.25) is 0 Å². The summed E-state index contributed by atoms with van der Waals surface area (Å²) >= 11 is 0. The minimum absolute atomic E-state index is 0.443. The monoisotopic (exact) mass is 190 g/mol. The molecule has 7 heteroatoms. The molecule has 0 amide bonds. The number of halogens is 3. The van der Waals surface area contributed by atoms with E-state index >= 15 is 0 Å². The van der Waals surface area contributed by atoms with Crippen molar-refractivity contribution in [3.8, 4) is 0 Å². The van der Waals surface area contributed by atoms with Gasteiger partial charge in [0.05, 0.1) is 0 Å². The molecule has 0 aromatic heterocycles. The van der Waals surface area contributed by atoms with Gasteiger partial charge in [-0.15, -0.1) is 0 Å². The van der Waals surface area contributed by atoms with Gasteiger partial charge in [-0.05, 0) is 0 Å². The summed E-state index contributed by atoms with van der Waals surface area (Å²) in [4.78, 5) is 8.40. The van der Waals surface area contributed by atoms with Crippen molar-refractivity contribution >= 4 is 7.60 Å². The van der Waals surface area contributed by atoms with Gasteiger partial charge in [-0.1, -0.05) is 6.58 Å². The third-order valence-corrected chi connectivity index (χ3v) is 1.60. The Hall–Kier alpha value is -0.320. The van der Waals surface area contributed by atoms with E-state index in [9.17, 15) is 17.7 Å². The van der Waals surface area contributed by atoms with Crippen LogP contribution in [0.2, 0.25) is 0 Å². The van der Waals surface area contributed by atoms with Crippen LogP contribution in [0.3, 0.4) is 0 Å². The van der Waals surface area contributed by atoms with Crippen molar-refractivity contribution in [2.24, 2.45) is 0 Å². The molecule has 0 aliphatic heterocycles. The lowest BCUT2D eigenvalue weighted by atomic mass is 10.7. The average molecular weight is 190 g/mol. The summed E-state index contributed by atoms with van der Waals surface area (Å²) in [6.45, 7) is 1.08. The molecular formula is C4H6F3O3P. The van der Waals surface area contributed by atoms with Crippen LogP contribution in [-0.2, 0) is 9.09 Å². The molecule has 66 valence electrons. The fraction of sp³-hybridized carbons (Fsp3) is 0.500. The normalized spacial score (nSPS) is 17.5. The maximum atomic E-state index is 11.3. The van der Waals surface area contributed by atoms with Gasteiger partial charge < -0.3 is 4.89 Å². The van der Waals surface area contributed by atoms with E-state index in [1.807, 2.05) is 0 Å². The van der Waals surface area contributed by atoms with Gasteiger partial charge in [-0.2, -0.15) is 13.2 Å². The summed E-state index contributed by atoms with van der Waals surface area (Å²) in [5, 5.41) is 0. The van der Waals surface area contributed by atoms with Gasteiger partial charge in [0.1, 0.15) is 0 Å². The molecule has 11 heavy (non-hydrogen) atoms. The Morgan fingerprint density at radius 2 is 2.09 bits per heavy atom. The van der Waals surface area contributed by atoms with Crippen LogP contribution in [0.15, 0.2) is 12.4 Å². The molecule has 0 radical (unpaired) electrons. The Bertz CT molecular complexity index is 188. The zero-order chi connectivity index (χ0) is 9.12. The Labute approximate surface area is 61.0 Å². The highest BCUT2D eigenvalue weighted by Crippen LogP contribution is 2.43. The van der Waals surface area contributed by atoms with Crippen molar-refractivity contribution < 1.29 is 27.2 Å². The van der Waals surface area contributed by atoms with E-state index in [0.29, 0.717) is 5.82 Å². The van der Waals surface area contributed by atoms with Gasteiger partial charge in [-0.25, -0.2) is 0 Å². The SMILES string of the molecule is C=CP(=O)(O)OCC(F)(F)F. The molecule has 0 aliphatic carbocycles. The summed E-state index contributed by atoms with van der Waals surface area (Å²) in [7, 11) is -4.23. The third kappa shape index (κ3) is 6.09. The molecule has 3 nitrogen and oxygen atoms in total. The second-order valence-electron chi connectivity index (χ2n) is 1.64. The van der Waals surface area contributed by atoms with Gasteiger partial charge >= 0.3 is 13.8 Å². The van der Waals surface area contributed by atoms with Gasteiger partial charge in [0.25, 0.3) is 0 Å². The minimum Gasteiger partial charge on any atom is -0.321 e. The summed E-state index contributed by atoms with van der Waals surface area (Å²) in [5.74, 6) is 0.443. The van der Waals surface area contributed by atoms with E-state index in [0.717, 1.165) is 0 Å². The van der Waals surface area contributed by atoms with Crippen LogP contribution < -0.4 is 0 Å². The lowest BCUT2D eigenvalue weighted by Gasteiger charge is -2.09. The molecule has 0 fully saturated rings. The first-order valence-corrected chi connectivity index (χ1v) is 4.09. The van der Waals surface area contributed by atoms with E-state index in [1.54, 1.807) is 0 Å². The van der Waals surface area contributed by atoms with Crippen LogP contribution >= 0.6 is 7.60 Å². The van der Waals surface area contributed by atoms with Crippen LogP contribution in [-0.4, -0.2) is 17.7 Å². The van der Waals surface area contributed by atoms with Gasteiger partial charge in [-0.3, -0.25) is 9.09 Å². The standard InChI is InChI=1S/C4H6F3O3P/c1-2-11(8,9)10-3-4(5,6)7/h2H,1,3H2,(H,8,9). The van der Waals surface area contributed by atoms with Crippen LogP contribution in [0.1, 0.15) is 0 Å². The smallest absolute Gasteiger partial charge is 0.321 e. The van der Waals surface area contributed by atoms with Gasteiger partial charge in [0, 0.05) is 5.82 Å². The Morgan fingerprint density at radius 3 is 2.36 bits per heavy atom. The molecule has 0 heterocycles. The average Bonchev–Trinajstić information content (AvgIpc) is 1.83. The molecule has 0 bridgehead atoms. The highest BCUT2D eigenvalue weighted by Gasteiger charge is 2.31. The predicted molar refractivity (Wildman–Crippen MR) is 32.0 cm³/mol. The molecule has 0 spiro atoms. The van der Waals surface area contributed by atoms with Crippen LogP contribution in [0.25, 0.3) is 0 Å². The topological polar surface area (TPSA) is 46.5 Å². The zero-order valence-electron chi connectivity index (χ0n) is 5.34. The number of hydrogen-bond donors (Lipinski definition) is 1. The lowest BCUT2D eigenvalue weighted by Crippen LogP contribution is -2.15. The van der Waals surface area contributed by atoms with E-state index in [2.05, 4.69) is 11.1 Å². The highest BCUT2D eigenvalue weighted by atomic mass is 31.2. The van der Waals surface area contributed by atoms with E-state index in [-0.39, 0.29) is 0 Å². The fourth-order valence-electron chi connectivity index (χ4n) is 0.218. The third-order valence-electron chi connectivity index (χ3n) is 0.644. The molecule has 0 saturated heterocycles. The predicted octanol–water partition coefficient (Wildman–Crippen LogP) is 1.89. The molecule has 0 saturated carbocycles. The molecule has 0 rings (SSSR count). The van der Waals surface area contributed by atoms with Crippen molar-refractivity contribution in [3.05, 3.63) is 12.4 Å². The molecule has 1 unspecified atom stereocenters. The Morgan fingerprint density at radius 1 is 1.64 bits per heavy atom. The van der Waals surface area contributed by atoms with Gasteiger partial charge in [0.15, 0.2) is 6.61 Å². The van der Waals surface area contributed by atoms with Crippen molar-refractivity contribution in [2.75, 3.05) is 6.61 Å². The Kier molecular flexibility index (Phi) is 3.29. The van der Waals surface area contributed by atoms with Crippen molar-refractivity contribution in [2.45, 2.75) is 6.18 Å². The first-order chi connectivity index (χ1) is 4.77. The van der Waals surface area contributed by atoms with Crippen LogP contribution in [0.4, 0.5) is 13.2 Å². The molecule has 1 N–H and O–H groups in total. The molecular weight excluding hydrogens is 184 g/mol. The van der Waals surface area contributed by atoms with Crippen molar-refractivity contribution in [3.63, 3.8) is 0 Å². The first-order valence-electron chi connectivity index (χ1n) is 2.44. The number of hydrogen-bond acceptors (Lipinski definition) is 2. The molecule has 0 aromatic carbocycles. The van der Waals surface area contributed by atoms with E-state index < -0.39 is 20.4 Å². The Balaban J connectivity index is 3.90. The lowest BCUT2D eigenvalue weighted by molar-refractivity contribution is -0.154. The van der Waals surface area contributed by atoms with Crippen LogP contribution in [0, 0.1) is 0 Å². The van der Waals surface area contributed by atoms with E-state index in [4.69, 9.17) is 4.89 Å². The van der Waals surface area contributed by atoms with Crippen molar-refractivity contribution in [1.29, 1.82) is 0 Å². The first kappa shape index (κ1) is 10.7. The summed E-state index contributed by atoms with van der Waals surface area (Å²) in [6, 6.07) is 0. The number of rotatable bonds is 3. The second-order valence-corrected chi connectivity index (χ2v) is 3.39. The molecule has 1 atom stereocenters. The summed E-state index contributed by atoms with van der Waals surface area (Å²) in [6.07, 6.45) is -4.60. The zero-order valence-corrected chi connectivity index (χ0v) is 6.23. The number of alkyl halides is 3. The highest BCUT2D eigenvalue weighted by molar-refractivity contribution is 7.56.